The Kier molecular flexibility index (Phi) is 10.1. The number of carboxylic acids is 1. The molecule has 0 radical (unpaired) electrons. The van der Waals surface area contributed by atoms with Gasteiger partial charge in [-0.15, -0.1) is 0 Å². The maximum atomic E-state index is 12.0. The molecule has 5 N–H and O–H groups in total. The van der Waals surface area contributed by atoms with Crippen molar-refractivity contribution in [2.45, 2.75) is 99.9 Å². The number of allylic oxidation sites excluding steroid dienone is 2. The second-order valence-electron chi connectivity index (χ2n) is 14.3. The number of carboxylic acid groups (broad SMARTS) is 1. The number of carbonyl (C=O) groups is 1. The van der Waals surface area contributed by atoms with Crippen molar-refractivity contribution in [1.82, 2.24) is 0 Å². The molecule has 2 atom stereocenters. The SMILES string of the molecule is CCCCN1C(=CC2=C(O)C(C=C3N(CCCCCC(=O)O)c4ccc(S(=O)(=O)O)cc4C3(C)C)C2O)C(C)(C)c2cc(S(=O)(=O)O)ccc21. The minimum absolute atomic E-state index is 0.0369. The molecule has 12 nitrogen and oxygen atoms in total. The fourth-order valence-corrected chi connectivity index (χ4v) is 8.36. The highest BCUT2D eigenvalue weighted by Crippen LogP contribution is 2.52. The van der Waals surface area contributed by atoms with Crippen molar-refractivity contribution in [2.75, 3.05) is 22.9 Å². The maximum Gasteiger partial charge on any atom is 0.303 e. The van der Waals surface area contributed by atoms with E-state index in [4.69, 9.17) is 5.11 Å². The third kappa shape index (κ3) is 6.83. The van der Waals surface area contributed by atoms with Crippen molar-refractivity contribution in [1.29, 1.82) is 0 Å². The van der Waals surface area contributed by atoms with E-state index in [0.29, 0.717) is 54.7 Å². The third-order valence-corrected chi connectivity index (χ3v) is 11.9. The molecule has 2 aliphatic heterocycles. The molecule has 0 saturated carbocycles. The fourth-order valence-electron chi connectivity index (χ4n) is 7.35. The van der Waals surface area contributed by atoms with E-state index in [1.807, 2.05) is 32.6 Å². The first kappa shape index (κ1) is 37.6. The van der Waals surface area contributed by atoms with Gasteiger partial charge in [0.05, 0.1) is 21.8 Å². The molecule has 0 spiro atoms. The molecular weight excluding hydrogens is 685 g/mol. The molecule has 0 amide bonds. The van der Waals surface area contributed by atoms with Crippen LogP contribution in [0.5, 0.6) is 0 Å². The number of hydrogen-bond donors (Lipinski definition) is 5. The van der Waals surface area contributed by atoms with Crippen LogP contribution in [0, 0.1) is 5.92 Å². The number of unbranched alkanes of at least 4 members (excludes halogenated alkanes) is 3. The van der Waals surface area contributed by atoms with Gasteiger partial charge in [-0.2, -0.15) is 16.8 Å². The summed E-state index contributed by atoms with van der Waals surface area (Å²) in [5.41, 5.74) is 3.10. The Bertz CT molecular complexity index is 2010. The Labute approximate surface area is 293 Å². The molecule has 0 fully saturated rings. The van der Waals surface area contributed by atoms with Crippen LogP contribution in [0.4, 0.5) is 11.4 Å². The highest BCUT2D eigenvalue weighted by Gasteiger charge is 2.46. The summed E-state index contributed by atoms with van der Waals surface area (Å²) in [7, 11) is -8.92. The van der Waals surface area contributed by atoms with E-state index < -0.39 is 49.1 Å². The Balaban J connectivity index is 1.53. The number of aliphatic carboxylic acids is 1. The van der Waals surface area contributed by atoms with Gasteiger partial charge in [-0.25, -0.2) is 0 Å². The van der Waals surface area contributed by atoms with Crippen LogP contribution >= 0.6 is 0 Å². The summed E-state index contributed by atoms with van der Waals surface area (Å²) < 4.78 is 67.5. The van der Waals surface area contributed by atoms with Crippen LogP contribution in [0.2, 0.25) is 0 Å². The zero-order chi connectivity index (χ0) is 37.0. The van der Waals surface area contributed by atoms with E-state index in [-0.39, 0.29) is 22.0 Å². The molecule has 0 aromatic heterocycles. The topological polar surface area (TPSA) is 193 Å². The van der Waals surface area contributed by atoms with E-state index >= 15 is 0 Å². The molecule has 1 aliphatic carbocycles. The predicted octanol–water partition coefficient (Wildman–Crippen LogP) is 6.09. The largest absolute Gasteiger partial charge is 0.511 e. The first-order valence-electron chi connectivity index (χ1n) is 16.8. The molecule has 0 bridgehead atoms. The van der Waals surface area contributed by atoms with Gasteiger partial charge in [0.15, 0.2) is 0 Å². The lowest BCUT2D eigenvalue weighted by Crippen LogP contribution is -2.38. The van der Waals surface area contributed by atoms with Gasteiger partial charge in [-0.1, -0.05) is 53.5 Å². The van der Waals surface area contributed by atoms with Crippen molar-refractivity contribution in [2.24, 2.45) is 5.92 Å². The number of benzene rings is 2. The Morgan fingerprint density at radius 3 is 1.78 bits per heavy atom. The van der Waals surface area contributed by atoms with Crippen LogP contribution in [0.1, 0.15) is 84.3 Å². The van der Waals surface area contributed by atoms with Gasteiger partial charge in [0.25, 0.3) is 20.2 Å². The molecule has 50 heavy (non-hydrogen) atoms. The summed E-state index contributed by atoms with van der Waals surface area (Å²) in [4.78, 5) is 14.6. The van der Waals surface area contributed by atoms with Crippen molar-refractivity contribution in [3.8, 4) is 0 Å². The zero-order valence-electron chi connectivity index (χ0n) is 28.9. The Hall–Kier alpha value is -3.69. The summed E-state index contributed by atoms with van der Waals surface area (Å²) in [6, 6.07) is 8.88. The monoisotopic (exact) mass is 730 g/mol. The standard InChI is InChI=1S/C36H46N2O10S2/c1-6-7-16-37-28-14-12-22(49(43,44)45)18-26(28)35(2,3)30(37)20-24-33(41)25(34(24)42)21-31-36(4,5)27-19-23(50(46,47)48)13-15-29(27)38(31)17-10-8-9-11-32(39)40/h12-15,18-21,25,33,41-42H,6-11,16-17H2,1-5H3,(H,39,40)(H,43,44,45)(H,46,47,48). The molecule has 14 heteroatoms. The van der Waals surface area contributed by atoms with Gasteiger partial charge in [0.2, 0.25) is 0 Å². The van der Waals surface area contributed by atoms with E-state index in [1.54, 1.807) is 24.3 Å². The first-order valence-corrected chi connectivity index (χ1v) is 19.7. The minimum atomic E-state index is -4.48. The lowest BCUT2D eigenvalue weighted by Gasteiger charge is -2.37. The van der Waals surface area contributed by atoms with Crippen molar-refractivity contribution >= 4 is 37.6 Å². The normalized spacial score (nSPS) is 22.6. The number of hydrogen-bond acceptors (Lipinski definition) is 9. The summed E-state index contributed by atoms with van der Waals surface area (Å²) in [6.07, 6.45) is 5.99. The van der Waals surface area contributed by atoms with Crippen LogP contribution in [0.25, 0.3) is 0 Å². The molecule has 2 aromatic rings. The van der Waals surface area contributed by atoms with Gasteiger partial charge in [0.1, 0.15) is 5.76 Å². The third-order valence-electron chi connectivity index (χ3n) is 10.2. The molecular formula is C36H46N2O10S2. The second kappa shape index (κ2) is 13.5. The maximum absolute atomic E-state index is 12.0. The predicted molar refractivity (Wildman–Crippen MR) is 190 cm³/mol. The van der Waals surface area contributed by atoms with E-state index in [2.05, 4.69) is 11.8 Å². The van der Waals surface area contributed by atoms with Crippen LogP contribution in [-0.2, 0) is 35.9 Å². The average molecular weight is 731 g/mol. The molecule has 2 unspecified atom stereocenters. The summed E-state index contributed by atoms with van der Waals surface area (Å²) in [6.45, 7) is 10.8. The summed E-state index contributed by atoms with van der Waals surface area (Å²) in [5, 5.41) is 32.1. The number of anilines is 2. The van der Waals surface area contributed by atoms with E-state index in [9.17, 15) is 40.9 Å². The summed E-state index contributed by atoms with van der Waals surface area (Å²) in [5.74, 6) is -1.70. The first-order chi connectivity index (χ1) is 23.2. The van der Waals surface area contributed by atoms with Crippen LogP contribution < -0.4 is 9.80 Å². The minimum Gasteiger partial charge on any atom is -0.511 e. The van der Waals surface area contributed by atoms with Crippen molar-refractivity contribution in [3.05, 3.63) is 82.4 Å². The summed E-state index contributed by atoms with van der Waals surface area (Å²) >= 11 is 0. The van der Waals surface area contributed by atoms with Gasteiger partial charge < -0.3 is 25.1 Å². The second-order valence-corrected chi connectivity index (χ2v) is 17.2. The smallest absolute Gasteiger partial charge is 0.303 e. The number of fused-ring (bicyclic) bond motifs is 2. The highest BCUT2D eigenvalue weighted by atomic mass is 32.2. The van der Waals surface area contributed by atoms with E-state index in [1.165, 1.54) is 24.3 Å². The molecule has 5 rings (SSSR count). The highest BCUT2D eigenvalue weighted by molar-refractivity contribution is 7.86. The van der Waals surface area contributed by atoms with Crippen molar-refractivity contribution < 1.29 is 46.1 Å². The van der Waals surface area contributed by atoms with Crippen LogP contribution in [-0.4, -0.2) is 66.4 Å². The number of aliphatic hydroxyl groups excluding tert-OH is 2. The average Bonchev–Trinajstić information content (AvgIpc) is 3.37. The van der Waals surface area contributed by atoms with Gasteiger partial charge in [-0.05, 0) is 72.9 Å². The molecule has 2 heterocycles. The lowest BCUT2D eigenvalue weighted by molar-refractivity contribution is -0.137. The Morgan fingerprint density at radius 2 is 1.30 bits per heavy atom. The molecule has 0 saturated heterocycles. The fraction of sp³-hybridized carbons (Fsp3) is 0.472. The van der Waals surface area contributed by atoms with Gasteiger partial charge in [0, 0.05) is 58.7 Å². The Morgan fingerprint density at radius 1 is 0.800 bits per heavy atom. The zero-order valence-corrected chi connectivity index (χ0v) is 30.6. The lowest BCUT2D eigenvalue weighted by atomic mass is 9.75. The van der Waals surface area contributed by atoms with Gasteiger partial charge in [-0.3, -0.25) is 13.9 Å². The van der Waals surface area contributed by atoms with Crippen LogP contribution in [0.15, 0.2) is 81.1 Å². The molecule has 3 aliphatic rings. The van der Waals surface area contributed by atoms with Gasteiger partial charge >= 0.3 is 5.97 Å². The number of rotatable bonds is 13. The molecule has 272 valence electrons. The van der Waals surface area contributed by atoms with Crippen LogP contribution in [0.3, 0.4) is 0 Å². The number of nitrogens with zero attached hydrogens (tertiary/aromatic N) is 2. The van der Waals surface area contributed by atoms with E-state index in [0.717, 1.165) is 29.9 Å². The quantitative estimate of drug-likeness (QED) is 0.118. The molecule has 2 aromatic carbocycles. The number of aliphatic hydroxyl groups is 2. The van der Waals surface area contributed by atoms with Crippen molar-refractivity contribution in [3.63, 3.8) is 0 Å².